The molecule has 2 N–H and O–H groups in total. The van der Waals surface area contributed by atoms with Crippen LogP contribution in [0, 0.1) is 5.92 Å². The van der Waals surface area contributed by atoms with Gasteiger partial charge in [-0.15, -0.1) is 0 Å². The fourth-order valence-electron chi connectivity index (χ4n) is 5.93. The molecule has 2 aromatic carbocycles. The molecule has 5 rings (SSSR count). The van der Waals surface area contributed by atoms with Crippen molar-refractivity contribution in [2.75, 3.05) is 64.2 Å². The van der Waals surface area contributed by atoms with Gasteiger partial charge in [-0.3, -0.25) is 24.3 Å². The number of hydrogen-bond acceptors (Lipinski definition) is 6. The number of phenolic OH excluding ortho intramolecular Hbond substituents is 1. The molecule has 8 nitrogen and oxygen atoms in total. The summed E-state index contributed by atoms with van der Waals surface area (Å²) < 4.78 is 0. The highest BCUT2D eigenvalue weighted by Gasteiger charge is 2.32. The van der Waals surface area contributed by atoms with Crippen molar-refractivity contribution in [2.45, 2.75) is 31.8 Å². The van der Waals surface area contributed by atoms with Crippen LogP contribution in [-0.4, -0.2) is 101 Å². The lowest BCUT2D eigenvalue weighted by Gasteiger charge is -2.43. The van der Waals surface area contributed by atoms with Gasteiger partial charge in [0.1, 0.15) is 5.75 Å². The number of nitrogens with one attached hydrogen (secondary N) is 1. The SMILES string of the molecule is O=C(Nc1ccc(O)c(Cl)c1)C1CCN(CC(=O)N2CCN(C3CCN(Cc4ccccc4)CC3)CC2)C1. The normalized spacial score (nSPS) is 22.0. The Morgan fingerprint density at radius 3 is 2.32 bits per heavy atom. The Hall–Kier alpha value is -2.65. The van der Waals surface area contributed by atoms with Crippen molar-refractivity contribution in [3.8, 4) is 5.75 Å². The smallest absolute Gasteiger partial charge is 0.236 e. The third-order valence-electron chi connectivity index (χ3n) is 8.21. The zero-order valence-corrected chi connectivity index (χ0v) is 22.7. The number of aromatic hydroxyl groups is 1. The molecule has 3 fully saturated rings. The maximum atomic E-state index is 13.0. The molecule has 0 bridgehead atoms. The average molecular weight is 540 g/mol. The van der Waals surface area contributed by atoms with Crippen LogP contribution in [-0.2, 0) is 16.1 Å². The quantitative estimate of drug-likeness (QED) is 0.526. The molecule has 0 aliphatic carbocycles. The summed E-state index contributed by atoms with van der Waals surface area (Å²) in [5.74, 6) is -0.0981. The fourth-order valence-corrected chi connectivity index (χ4v) is 6.11. The third kappa shape index (κ3) is 6.86. The first kappa shape index (κ1) is 26.9. The zero-order valence-electron chi connectivity index (χ0n) is 21.9. The van der Waals surface area contributed by atoms with Crippen LogP contribution in [0.25, 0.3) is 0 Å². The Bertz CT molecular complexity index is 1100. The van der Waals surface area contributed by atoms with Gasteiger partial charge in [0.15, 0.2) is 0 Å². The molecule has 2 amide bonds. The lowest BCUT2D eigenvalue weighted by atomic mass is 10.0. The summed E-state index contributed by atoms with van der Waals surface area (Å²) in [6.45, 7) is 8.40. The molecule has 3 heterocycles. The van der Waals surface area contributed by atoms with Gasteiger partial charge in [-0.05, 0) is 62.7 Å². The van der Waals surface area contributed by atoms with Crippen molar-refractivity contribution in [3.05, 3.63) is 59.1 Å². The summed E-state index contributed by atoms with van der Waals surface area (Å²) in [5, 5.41) is 12.6. The van der Waals surface area contributed by atoms with Crippen LogP contribution < -0.4 is 5.32 Å². The van der Waals surface area contributed by atoms with E-state index in [9.17, 15) is 14.7 Å². The number of carbonyl (C=O) groups excluding carboxylic acids is 2. The summed E-state index contributed by atoms with van der Waals surface area (Å²) in [7, 11) is 0. The lowest BCUT2D eigenvalue weighted by molar-refractivity contribution is -0.134. The van der Waals surface area contributed by atoms with Crippen LogP contribution in [0.15, 0.2) is 48.5 Å². The van der Waals surface area contributed by atoms with E-state index in [4.69, 9.17) is 11.6 Å². The van der Waals surface area contributed by atoms with Crippen molar-refractivity contribution in [1.82, 2.24) is 19.6 Å². The predicted octanol–water partition coefficient (Wildman–Crippen LogP) is 3.11. The van der Waals surface area contributed by atoms with E-state index in [2.05, 4.69) is 50.3 Å². The number of carbonyl (C=O) groups is 2. The molecule has 1 atom stereocenters. The zero-order chi connectivity index (χ0) is 26.5. The highest BCUT2D eigenvalue weighted by Crippen LogP contribution is 2.27. The number of likely N-dealkylation sites (tertiary alicyclic amines) is 2. The van der Waals surface area contributed by atoms with Crippen molar-refractivity contribution < 1.29 is 14.7 Å². The standard InChI is InChI=1S/C29H38ClN5O3/c30-26-18-24(6-7-27(26)36)31-29(38)23-8-11-33(20-23)21-28(37)35-16-14-34(15-17-35)25-9-12-32(13-10-25)19-22-4-2-1-3-5-22/h1-7,18,23,25,36H,8-17,19-21H2,(H,31,38). The first-order valence-electron chi connectivity index (χ1n) is 13.7. The molecule has 9 heteroatoms. The third-order valence-corrected chi connectivity index (χ3v) is 8.51. The number of hydrogen-bond donors (Lipinski definition) is 2. The van der Waals surface area contributed by atoms with Gasteiger partial charge in [-0.25, -0.2) is 0 Å². The Labute approximate surface area is 230 Å². The first-order chi connectivity index (χ1) is 18.4. The van der Waals surface area contributed by atoms with E-state index < -0.39 is 0 Å². The first-order valence-corrected chi connectivity index (χ1v) is 14.1. The van der Waals surface area contributed by atoms with E-state index in [1.54, 1.807) is 12.1 Å². The van der Waals surface area contributed by atoms with Crippen molar-refractivity contribution in [2.24, 2.45) is 5.92 Å². The highest BCUT2D eigenvalue weighted by molar-refractivity contribution is 6.32. The second kappa shape index (κ2) is 12.5. The number of amides is 2. The highest BCUT2D eigenvalue weighted by atomic mass is 35.5. The number of piperazine rings is 1. The Kier molecular flexibility index (Phi) is 8.84. The van der Waals surface area contributed by atoms with Crippen LogP contribution in [0.2, 0.25) is 5.02 Å². The van der Waals surface area contributed by atoms with Gasteiger partial charge in [0, 0.05) is 51.0 Å². The van der Waals surface area contributed by atoms with Gasteiger partial charge in [-0.1, -0.05) is 41.9 Å². The second-order valence-electron chi connectivity index (χ2n) is 10.8. The van der Waals surface area contributed by atoms with Crippen molar-refractivity contribution in [1.29, 1.82) is 0 Å². The van der Waals surface area contributed by atoms with Gasteiger partial charge in [0.25, 0.3) is 0 Å². The molecule has 204 valence electrons. The van der Waals surface area contributed by atoms with E-state index >= 15 is 0 Å². The van der Waals surface area contributed by atoms with Crippen LogP contribution in [0.5, 0.6) is 5.75 Å². The lowest BCUT2D eigenvalue weighted by Crippen LogP contribution is -2.55. The predicted molar refractivity (Wildman–Crippen MR) is 149 cm³/mol. The maximum Gasteiger partial charge on any atom is 0.236 e. The van der Waals surface area contributed by atoms with E-state index in [1.807, 2.05) is 4.90 Å². The van der Waals surface area contributed by atoms with E-state index in [1.165, 1.54) is 24.5 Å². The van der Waals surface area contributed by atoms with Crippen LogP contribution in [0.4, 0.5) is 5.69 Å². The summed E-state index contributed by atoms with van der Waals surface area (Å²) in [4.78, 5) is 34.9. The summed E-state index contributed by atoms with van der Waals surface area (Å²) in [5.41, 5.74) is 1.94. The second-order valence-corrected chi connectivity index (χ2v) is 11.2. The minimum atomic E-state index is -0.167. The minimum absolute atomic E-state index is 0.0136. The number of piperidine rings is 1. The molecule has 3 saturated heterocycles. The molecule has 1 unspecified atom stereocenters. The molecule has 0 spiro atoms. The van der Waals surface area contributed by atoms with E-state index in [0.29, 0.717) is 24.8 Å². The summed E-state index contributed by atoms with van der Waals surface area (Å²) in [6.07, 6.45) is 3.10. The summed E-state index contributed by atoms with van der Waals surface area (Å²) in [6, 6.07) is 15.9. The van der Waals surface area contributed by atoms with Gasteiger partial charge >= 0.3 is 0 Å². The van der Waals surface area contributed by atoms with Crippen LogP contribution >= 0.6 is 11.6 Å². The molecular weight excluding hydrogens is 502 g/mol. The number of phenols is 1. The van der Waals surface area contributed by atoms with E-state index in [0.717, 1.165) is 58.8 Å². The Morgan fingerprint density at radius 2 is 1.61 bits per heavy atom. The van der Waals surface area contributed by atoms with Crippen LogP contribution in [0.3, 0.4) is 0 Å². The van der Waals surface area contributed by atoms with E-state index in [-0.39, 0.29) is 28.5 Å². The molecule has 0 saturated carbocycles. The van der Waals surface area contributed by atoms with Crippen molar-refractivity contribution in [3.63, 3.8) is 0 Å². The molecule has 3 aliphatic rings. The fraction of sp³-hybridized carbons (Fsp3) is 0.517. The number of halogens is 1. The molecule has 3 aliphatic heterocycles. The Balaban J connectivity index is 1.01. The van der Waals surface area contributed by atoms with Gasteiger partial charge < -0.3 is 15.3 Å². The topological polar surface area (TPSA) is 79.4 Å². The van der Waals surface area contributed by atoms with Gasteiger partial charge in [-0.2, -0.15) is 0 Å². The number of rotatable bonds is 7. The van der Waals surface area contributed by atoms with Gasteiger partial charge in [0.05, 0.1) is 17.5 Å². The molecule has 38 heavy (non-hydrogen) atoms. The summed E-state index contributed by atoms with van der Waals surface area (Å²) >= 11 is 5.94. The number of benzene rings is 2. The molecular formula is C29H38ClN5O3. The van der Waals surface area contributed by atoms with Crippen molar-refractivity contribution >= 4 is 29.1 Å². The number of nitrogens with zero attached hydrogens (tertiary/aromatic N) is 4. The molecule has 2 aromatic rings. The maximum absolute atomic E-state index is 13.0. The van der Waals surface area contributed by atoms with Crippen LogP contribution in [0.1, 0.15) is 24.8 Å². The number of anilines is 1. The average Bonchev–Trinajstić information content (AvgIpc) is 3.40. The van der Waals surface area contributed by atoms with Gasteiger partial charge in [0.2, 0.25) is 11.8 Å². The minimum Gasteiger partial charge on any atom is -0.506 e. The molecule has 0 radical (unpaired) electrons. The Morgan fingerprint density at radius 1 is 0.895 bits per heavy atom. The monoisotopic (exact) mass is 539 g/mol. The molecule has 0 aromatic heterocycles. The largest absolute Gasteiger partial charge is 0.506 e.